The molecule has 0 saturated heterocycles. The summed E-state index contributed by atoms with van der Waals surface area (Å²) in [6, 6.07) is 4.48. The Hall–Kier alpha value is -1.13. The van der Waals surface area contributed by atoms with Gasteiger partial charge in [-0.3, -0.25) is 4.79 Å². The van der Waals surface area contributed by atoms with Crippen molar-refractivity contribution in [3.05, 3.63) is 35.1 Å². The van der Waals surface area contributed by atoms with Gasteiger partial charge in [0.25, 0.3) is 5.91 Å². The summed E-state index contributed by atoms with van der Waals surface area (Å²) < 4.78 is 13.3. The predicted octanol–water partition coefficient (Wildman–Crippen LogP) is 2.17. The molecule has 0 unspecified atom stereocenters. The van der Waals surface area contributed by atoms with Crippen molar-refractivity contribution in [1.29, 1.82) is 0 Å². The summed E-state index contributed by atoms with van der Waals surface area (Å²) in [4.78, 5) is 11.8. The van der Waals surface area contributed by atoms with Crippen LogP contribution in [0, 0.1) is 12.7 Å². The fraction of sp³-hybridized carbons (Fsp3) is 0.462. The topological polar surface area (TPSA) is 55.1 Å². The van der Waals surface area contributed by atoms with Crippen molar-refractivity contribution in [3.63, 3.8) is 0 Å². The minimum absolute atomic E-state index is 0. The zero-order chi connectivity index (χ0) is 12.5. The van der Waals surface area contributed by atoms with Crippen LogP contribution in [0.1, 0.15) is 35.2 Å². The van der Waals surface area contributed by atoms with E-state index in [2.05, 4.69) is 5.32 Å². The number of nitrogens with one attached hydrogen (secondary N) is 1. The van der Waals surface area contributed by atoms with Crippen LogP contribution < -0.4 is 11.1 Å². The van der Waals surface area contributed by atoms with E-state index in [-0.39, 0.29) is 29.7 Å². The summed E-state index contributed by atoms with van der Waals surface area (Å²) in [6.07, 6.45) is 3.00. The van der Waals surface area contributed by atoms with Crippen LogP contribution in [0.2, 0.25) is 0 Å². The minimum atomic E-state index is -0.358. The van der Waals surface area contributed by atoms with Crippen molar-refractivity contribution in [3.8, 4) is 0 Å². The number of carbonyl (C=O) groups excluding carboxylic acids is 1. The smallest absolute Gasteiger partial charge is 0.251 e. The fourth-order valence-electron chi connectivity index (χ4n) is 1.90. The standard InChI is InChI=1S/C13H17FN2O.ClH/c1-9-3-4-10(7-11(9)14)12(17)16-8-13(15)5-2-6-13;/h3-4,7H,2,5-6,8,15H2,1H3,(H,16,17);1H. The molecule has 1 fully saturated rings. The van der Waals surface area contributed by atoms with Gasteiger partial charge in [-0.2, -0.15) is 0 Å². The first kappa shape index (κ1) is 14.9. The Morgan fingerprint density at radius 2 is 2.17 bits per heavy atom. The Balaban J connectivity index is 0.00000162. The van der Waals surface area contributed by atoms with E-state index in [0.29, 0.717) is 17.7 Å². The van der Waals surface area contributed by atoms with Gasteiger partial charge in [0.1, 0.15) is 5.82 Å². The van der Waals surface area contributed by atoms with Crippen LogP contribution in [0.4, 0.5) is 4.39 Å². The molecule has 1 aliphatic rings. The maximum Gasteiger partial charge on any atom is 0.251 e. The molecule has 3 N–H and O–H groups in total. The number of carbonyl (C=O) groups is 1. The van der Waals surface area contributed by atoms with Crippen LogP contribution in [0.3, 0.4) is 0 Å². The Morgan fingerprint density at radius 1 is 1.50 bits per heavy atom. The monoisotopic (exact) mass is 272 g/mol. The first-order valence-corrected chi connectivity index (χ1v) is 5.83. The highest BCUT2D eigenvalue weighted by atomic mass is 35.5. The Bertz CT molecular complexity index is 447. The molecule has 2 rings (SSSR count). The highest BCUT2D eigenvalue weighted by Crippen LogP contribution is 2.28. The van der Waals surface area contributed by atoms with Gasteiger partial charge in [0.15, 0.2) is 0 Å². The Morgan fingerprint density at radius 3 is 2.67 bits per heavy atom. The van der Waals surface area contributed by atoms with Crippen molar-refractivity contribution in [1.82, 2.24) is 5.32 Å². The molecule has 18 heavy (non-hydrogen) atoms. The Labute approximate surface area is 112 Å². The second kappa shape index (κ2) is 5.67. The van der Waals surface area contributed by atoms with Crippen LogP contribution in [-0.2, 0) is 0 Å². The first-order chi connectivity index (χ1) is 8.00. The van der Waals surface area contributed by atoms with Crippen molar-refractivity contribution < 1.29 is 9.18 Å². The molecule has 0 spiro atoms. The molecule has 100 valence electrons. The Kier molecular flexibility index (Phi) is 4.71. The normalized spacial score (nSPS) is 16.4. The highest BCUT2D eigenvalue weighted by Gasteiger charge is 2.32. The second-order valence-electron chi connectivity index (χ2n) is 4.86. The SMILES string of the molecule is Cc1ccc(C(=O)NCC2(N)CCC2)cc1F.Cl. The summed E-state index contributed by atoms with van der Waals surface area (Å²) in [5.74, 6) is -0.621. The molecule has 0 atom stereocenters. The molecule has 1 aromatic rings. The van der Waals surface area contributed by atoms with E-state index in [1.807, 2.05) is 0 Å². The lowest BCUT2D eigenvalue weighted by Gasteiger charge is -2.38. The largest absolute Gasteiger partial charge is 0.350 e. The number of nitrogens with two attached hydrogens (primary N) is 1. The minimum Gasteiger partial charge on any atom is -0.350 e. The summed E-state index contributed by atoms with van der Waals surface area (Å²) in [6.45, 7) is 2.13. The third-order valence-corrected chi connectivity index (χ3v) is 3.38. The van der Waals surface area contributed by atoms with Gasteiger partial charge in [0, 0.05) is 17.6 Å². The van der Waals surface area contributed by atoms with Gasteiger partial charge in [-0.1, -0.05) is 6.07 Å². The first-order valence-electron chi connectivity index (χ1n) is 5.83. The molecule has 1 aromatic carbocycles. The maximum atomic E-state index is 13.3. The average molecular weight is 273 g/mol. The van der Waals surface area contributed by atoms with E-state index in [9.17, 15) is 9.18 Å². The number of hydrogen-bond acceptors (Lipinski definition) is 2. The molecule has 1 saturated carbocycles. The number of benzene rings is 1. The molecule has 0 bridgehead atoms. The number of rotatable bonds is 3. The number of hydrogen-bond donors (Lipinski definition) is 2. The number of aryl methyl sites for hydroxylation is 1. The van der Waals surface area contributed by atoms with Crippen LogP contribution in [-0.4, -0.2) is 18.0 Å². The summed E-state index contributed by atoms with van der Waals surface area (Å²) in [7, 11) is 0. The predicted molar refractivity (Wildman–Crippen MR) is 71.5 cm³/mol. The summed E-state index contributed by atoms with van der Waals surface area (Å²) in [5, 5.41) is 2.76. The maximum absolute atomic E-state index is 13.3. The molecule has 0 radical (unpaired) electrons. The molecule has 3 nitrogen and oxygen atoms in total. The second-order valence-corrected chi connectivity index (χ2v) is 4.86. The zero-order valence-electron chi connectivity index (χ0n) is 10.3. The van der Waals surface area contributed by atoms with Gasteiger partial charge in [0.2, 0.25) is 0 Å². The van der Waals surface area contributed by atoms with E-state index in [0.717, 1.165) is 19.3 Å². The van der Waals surface area contributed by atoms with Gasteiger partial charge in [-0.25, -0.2) is 4.39 Å². The van der Waals surface area contributed by atoms with Crippen LogP contribution in [0.5, 0.6) is 0 Å². The number of halogens is 2. The third-order valence-electron chi connectivity index (χ3n) is 3.38. The third kappa shape index (κ3) is 3.21. The van der Waals surface area contributed by atoms with E-state index in [4.69, 9.17) is 5.73 Å². The molecule has 0 aromatic heterocycles. The summed E-state index contributed by atoms with van der Waals surface area (Å²) >= 11 is 0. The van der Waals surface area contributed by atoms with Crippen molar-refractivity contribution in [2.24, 2.45) is 5.73 Å². The van der Waals surface area contributed by atoms with Gasteiger partial charge in [-0.15, -0.1) is 12.4 Å². The van der Waals surface area contributed by atoms with E-state index in [1.54, 1.807) is 19.1 Å². The number of amides is 1. The van der Waals surface area contributed by atoms with Gasteiger partial charge in [-0.05, 0) is 43.9 Å². The molecular formula is C13H18ClFN2O. The van der Waals surface area contributed by atoms with E-state index in [1.165, 1.54) is 6.07 Å². The average Bonchev–Trinajstić information content (AvgIpc) is 2.27. The van der Waals surface area contributed by atoms with Gasteiger partial charge >= 0.3 is 0 Å². The zero-order valence-corrected chi connectivity index (χ0v) is 11.1. The van der Waals surface area contributed by atoms with Crippen LogP contribution >= 0.6 is 12.4 Å². The fourth-order valence-corrected chi connectivity index (χ4v) is 1.90. The van der Waals surface area contributed by atoms with E-state index >= 15 is 0 Å². The summed E-state index contributed by atoms with van der Waals surface area (Å²) in [5.41, 5.74) is 6.62. The van der Waals surface area contributed by atoms with Gasteiger partial charge < -0.3 is 11.1 Å². The van der Waals surface area contributed by atoms with Crippen molar-refractivity contribution >= 4 is 18.3 Å². The molecule has 5 heteroatoms. The lowest BCUT2D eigenvalue weighted by atomic mass is 9.78. The van der Waals surface area contributed by atoms with Crippen LogP contribution in [0.15, 0.2) is 18.2 Å². The van der Waals surface area contributed by atoms with Gasteiger partial charge in [0.05, 0.1) is 0 Å². The molecule has 1 amide bonds. The molecule has 0 aliphatic heterocycles. The lowest BCUT2D eigenvalue weighted by molar-refractivity contribution is 0.0929. The van der Waals surface area contributed by atoms with E-state index < -0.39 is 0 Å². The molecule has 1 aliphatic carbocycles. The molecule has 0 heterocycles. The van der Waals surface area contributed by atoms with Crippen LogP contribution in [0.25, 0.3) is 0 Å². The van der Waals surface area contributed by atoms with Crippen molar-refractivity contribution in [2.45, 2.75) is 31.7 Å². The quantitative estimate of drug-likeness (QED) is 0.886. The lowest BCUT2D eigenvalue weighted by Crippen LogP contribution is -2.54. The van der Waals surface area contributed by atoms with Crippen molar-refractivity contribution in [2.75, 3.05) is 6.54 Å². The molecular weight excluding hydrogens is 255 g/mol. The highest BCUT2D eigenvalue weighted by molar-refractivity contribution is 5.94.